The van der Waals surface area contributed by atoms with E-state index >= 15 is 0 Å². The van der Waals surface area contributed by atoms with Gasteiger partial charge in [0.25, 0.3) is 0 Å². The van der Waals surface area contributed by atoms with Crippen molar-refractivity contribution in [3.63, 3.8) is 0 Å². The van der Waals surface area contributed by atoms with Gasteiger partial charge in [0.05, 0.1) is 6.61 Å². The van der Waals surface area contributed by atoms with E-state index in [1.165, 1.54) is 0 Å². The van der Waals surface area contributed by atoms with Crippen molar-refractivity contribution in [3.05, 3.63) is 0 Å². The summed E-state index contributed by atoms with van der Waals surface area (Å²) < 4.78 is 4.97. The Balaban J connectivity index is 0.000000561. The Bertz CT molecular complexity index is 134. The number of amides is 1. The van der Waals surface area contributed by atoms with E-state index in [1.807, 2.05) is 32.6 Å². The molecule has 1 aliphatic rings. The van der Waals surface area contributed by atoms with E-state index in [9.17, 15) is 4.79 Å². The van der Waals surface area contributed by atoms with Crippen LogP contribution in [0, 0.1) is 0 Å². The van der Waals surface area contributed by atoms with Crippen LogP contribution in [0.25, 0.3) is 0 Å². The molecule has 0 saturated carbocycles. The summed E-state index contributed by atoms with van der Waals surface area (Å²) in [7, 11) is 0. The summed E-state index contributed by atoms with van der Waals surface area (Å²) in [4.78, 5) is 12.9. The fourth-order valence-electron chi connectivity index (χ4n) is 1.08. The van der Waals surface area contributed by atoms with Crippen molar-refractivity contribution in [2.24, 2.45) is 0 Å². The molecule has 1 amide bonds. The summed E-state index contributed by atoms with van der Waals surface area (Å²) in [6.07, 6.45) is 0. The lowest BCUT2D eigenvalue weighted by atomic mass is 10.3. The molecule has 0 aromatic heterocycles. The molecule has 3 heteroatoms. The molecule has 0 atom stereocenters. The number of hydrogen-bond donors (Lipinski definition) is 0. The van der Waals surface area contributed by atoms with Crippen molar-refractivity contribution in [1.82, 2.24) is 4.90 Å². The highest BCUT2D eigenvalue weighted by molar-refractivity contribution is 5.78. The second kappa shape index (κ2) is 6.00. The highest BCUT2D eigenvalue weighted by atomic mass is 16.5. The van der Waals surface area contributed by atoms with Gasteiger partial charge in [-0.05, 0) is 13.8 Å². The number of nitrogens with zero attached hydrogens (tertiary/aromatic N) is 1. The van der Waals surface area contributed by atoms with Crippen LogP contribution in [0.3, 0.4) is 0 Å². The molecule has 1 saturated heterocycles. The van der Waals surface area contributed by atoms with Crippen LogP contribution in [0.1, 0.15) is 27.7 Å². The Kier molecular flexibility index (Phi) is 5.72. The van der Waals surface area contributed by atoms with E-state index in [1.54, 1.807) is 0 Å². The van der Waals surface area contributed by atoms with Crippen molar-refractivity contribution in [2.45, 2.75) is 33.7 Å². The number of hydrogen-bond acceptors (Lipinski definition) is 2. The van der Waals surface area contributed by atoms with E-state index in [0.717, 1.165) is 6.54 Å². The fraction of sp³-hybridized carbons (Fsp3) is 0.889. The molecule has 1 fully saturated rings. The lowest BCUT2D eigenvalue weighted by molar-refractivity contribution is -0.144. The van der Waals surface area contributed by atoms with Crippen LogP contribution in [0.5, 0.6) is 0 Å². The summed E-state index contributed by atoms with van der Waals surface area (Å²) in [6.45, 7) is 9.73. The topological polar surface area (TPSA) is 29.5 Å². The van der Waals surface area contributed by atoms with Crippen LogP contribution < -0.4 is 0 Å². The summed E-state index contributed by atoms with van der Waals surface area (Å²) in [5.41, 5.74) is 0. The summed E-state index contributed by atoms with van der Waals surface area (Å²) >= 11 is 0. The first-order chi connectivity index (χ1) is 5.72. The number of ether oxygens (including phenoxy) is 1. The smallest absolute Gasteiger partial charge is 0.248 e. The molecule has 1 rings (SSSR count). The standard InChI is InChI=1S/C7H13NO2.C2H6/c1-6(2)8-3-4-10-5-7(8)9;1-2/h6H,3-5H2,1-2H3;1-2H3. The van der Waals surface area contributed by atoms with Gasteiger partial charge < -0.3 is 9.64 Å². The van der Waals surface area contributed by atoms with Crippen LogP contribution in [0.4, 0.5) is 0 Å². The Hall–Kier alpha value is -0.570. The minimum Gasteiger partial charge on any atom is -0.370 e. The molecule has 0 bridgehead atoms. The first-order valence-electron chi connectivity index (χ1n) is 4.59. The summed E-state index contributed by atoms with van der Waals surface area (Å²) in [5.74, 6) is 0.112. The zero-order valence-corrected chi connectivity index (χ0v) is 8.46. The molecule has 1 heterocycles. The molecule has 0 aromatic rings. The van der Waals surface area contributed by atoms with Gasteiger partial charge in [0.15, 0.2) is 0 Å². The third kappa shape index (κ3) is 3.22. The van der Waals surface area contributed by atoms with Crippen LogP contribution in [-0.2, 0) is 9.53 Å². The minimum absolute atomic E-state index is 0.112. The second-order valence-corrected chi connectivity index (χ2v) is 2.73. The van der Waals surface area contributed by atoms with Gasteiger partial charge in [0.2, 0.25) is 5.91 Å². The minimum atomic E-state index is 0.112. The van der Waals surface area contributed by atoms with E-state index in [4.69, 9.17) is 4.74 Å². The average Bonchev–Trinajstić information content (AvgIpc) is 2.08. The number of carbonyl (C=O) groups excluding carboxylic acids is 1. The Morgan fingerprint density at radius 1 is 1.42 bits per heavy atom. The molecule has 0 aromatic carbocycles. The average molecular weight is 173 g/mol. The van der Waals surface area contributed by atoms with Gasteiger partial charge in [-0.25, -0.2) is 0 Å². The van der Waals surface area contributed by atoms with Crippen molar-refractivity contribution < 1.29 is 9.53 Å². The third-order valence-corrected chi connectivity index (χ3v) is 1.65. The molecule has 12 heavy (non-hydrogen) atoms. The van der Waals surface area contributed by atoms with Gasteiger partial charge in [-0.2, -0.15) is 0 Å². The maximum atomic E-state index is 11.0. The van der Waals surface area contributed by atoms with E-state index in [2.05, 4.69) is 0 Å². The van der Waals surface area contributed by atoms with Gasteiger partial charge >= 0.3 is 0 Å². The number of carbonyl (C=O) groups is 1. The maximum absolute atomic E-state index is 11.0. The zero-order valence-electron chi connectivity index (χ0n) is 8.46. The first kappa shape index (κ1) is 11.4. The van der Waals surface area contributed by atoms with Gasteiger partial charge in [-0.3, -0.25) is 4.79 Å². The van der Waals surface area contributed by atoms with Crippen molar-refractivity contribution in [3.8, 4) is 0 Å². The largest absolute Gasteiger partial charge is 0.370 e. The van der Waals surface area contributed by atoms with Gasteiger partial charge in [-0.15, -0.1) is 0 Å². The molecule has 1 aliphatic heterocycles. The van der Waals surface area contributed by atoms with Gasteiger partial charge in [0, 0.05) is 12.6 Å². The maximum Gasteiger partial charge on any atom is 0.248 e. The Morgan fingerprint density at radius 3 is 2.33 bits per heavy atom. The van der Waals surface area contributed by atoms with E-state index in [0.29, 0.717) is 12.6 Å². The van der Waals surface area contributed by atoms with Crippen LogP contribution in [-0.4, -0.2) is 36.6 Å². The van der Waals surface area contributed by atoms with Crippen molar-refractivity contribution in [1.29, 1.82) is 0 Å². The normalized spacial score (nSPS) is 17.4. The lowest BCUT2D eigenvalue weighted by Gasteiger charge is -2.30. The number of morpholine rings is 1. The van der Waals surface area contributed by atoms with Crippen LogP contribution >= 0.6 is 0 Å². The lowest BCUT2D eigenvalue weighted by Crippen LogP contribution is -2.45. The van der Waals surface area contributed by atoms with Gasteiger partial charge in [-0.1, -0.05) is 13.8 Å². The molecule has 0 N–H and O–H groups in total. The second-order valence-electron chi connectivity index (χ2n) is 2.73. The quantitative estimate of drug-likeness (QED) is 0.598. The number of rotatable bonds is 1. The molecule has 0 spiro atoms. The fourth-order valence-corrected chi connectivity index (χ4v) is 1.08. The first-order valence-corrected chi connectivity index (χ1v) is 4.59. The zero-order chi connectivity index (χ0) is 9.56. The molecular formula is C9H19NO2. The Morgan fingerprint density at radius 2 is 2.00 bits per heavy atom. The molecule has 72 valence electrons. The van der Waals surface area contributed by atoms with E-state index < -0.39 is 0 Å². The predicted octanol–water partition coefficient (Wildman–Crippen LogP) is 1.28. The molecule has 0 aliphatic carbocycles. The molecule has 0 radical (unpaired) electrons. The monoisotopic (exact) mass is 173 g/mol. The summed E-state index contributed by atoms with van der Waals surface area (Å²) in [6, 6.07) is 0.316. The van der Waals surface area contributed by atoms with E-state index in [-0.39, 0.29) is 12.5 Å². The predicted molar refractivity (Wildman–Crippen MR) is 49.0 cm³/mol. The summed E-state index contributed by atoms with van der Waals surface area (Å²) in [5, 5.41) is 0. The third-order valence-electron chi connectivity index (χ3n) is 1.65. The molecular weight excluding hydrogens is 154 g/mol. The van der Waals surface area contributed by atoms with Crippen LogP contribution in [0.2, 0.25) is 0 Å². The SMILES string of the molecule is CC.CC(C)N1CCOCC1=O. The van der Waals surface area contributed by atoms with Crippen molar-refractivity contribution in [2.75, 3.05) is 19.8 Å². The Labute approximate surface area is 74.7 Å². The van der Waals surface area contributed by atoms with Gasteiger partial charge in [0.1, 0.15) is 6.61 Å². The van der Waals surface area contributed by atoms with Crippen LogP contribution in [0.15, 0.2) is 0 Å². The molecule has 3 nitrogen and oxygen atoms in total. The molecule has 0 unspecified atom stereocenters. The van der Waals surface area contributed by atoms with Crippen molar-refractivity contribution >= 4 is 5.91 Å². The highest BCUT2D eigenvalue weighted by Crippen LogP contribution is 2.03. The highest BCUT2D eigenvalue weighted by Gasteiger charge is 2.20.